The summed E-state index contributed by atoms with van der Waals surface area (Å²) in [6.07, 6.45) is -0.676. The lowest BCUT2D eigenvalue weighted by Gasteiger charge is -2.09. The number of halogens is 1. The van der Waals surface area contributed by atoms with E-state index in [2.05, 4.69) is 0 Å². The van der Waals surface area contributed by atoms with Crippen molar-refractivity contribution in [2.24, 2.45) is 5.73 Å². The minimum atomic E-state index is -0.676. The first-order valence-corrected chi connectivity index (χ1v) is 3.99. The van der Waals surface area contributed by atoms with E-state index in [1.165, 1.54) is 24.3 Å². The quantitative estimate of drug-likeness (QED) is 0.719. The number of hydrogen-bond donors (Lipinski definition) is 2. The summed E-state index contributed by atoms with van der Waals surface area (Å²) >= 11 is 0. The van der Waals surface area contributed by atoms with E-state index in [1.54, 1.807) is 0 Å². The first-order valence-electron chi connectivity index (χ1n) is 3.99. The Kier molecular flexibility index (Phi) is 3.67. The zero-order valence-electron chi connectivity index (χ0n) is 7.11. The average Bonchev–Trinajstić information content (AvgIpc) is 2.16. The van der Waals surface area contributed by atoms with Crippen molar-refractivity contribution in [2.45, 2.75) is 6.10 Å². The number of rotatable bonds is 4. The maximum absolute atomic E-state index is 12.4. The summed E-state index contributed by atoms with van der Waals surface area (Å²) in [4.78, 5) is 0. The molecule has 0 aliphatic carbocycles. The normalized spacial score (nSPS) is 12.5. The van der Waals surface area contributed by atoms with E-state index in [1.807, 2.05) is 0 Å². The van der Waals surface area contributed by atoms with Gasteiger partial charge >= 0.3 is 0 Å². The standard InChI is InChI=1S/C9H12FNO2/c10-7-1-3-9(4-2-7)13-6-8(12)5-11/h1-4,8,12H,5-6,11H2/t8-/m1/s1. The summed E-state index contributed by atoms with van der Waals surface area (Å²) in [5.74, 6) is 0.209. The smallest absolute Gasteiger partial charge is 0.123 e. The van der Waals surface area contributed by atoms with Crippen LogP contribution in [0.25, 0.3) is 0 Å². The molecule has 0 saturated carbocycles. The van der Waals surface area contributed by atoms with Crippen molar-refractivity contribution in [3.05, 3.63) is 30.1 Å². The van der Waals surface area contributed by atoms with Gasteiger partial charge in [0.1, 0.15) is 24.3 Å². The molecular formula is C9H12FNO2. The Bertz CT molecular complexity index is 250. The summed E-state index contributed by atoms with van der Waals surface area (Å²) in [6, 6.07) is 5.59. The number of aliphatic hydroxyl groups is 1. The van der Waals surface area contributed by atoms with E-state index in [0.29, 0.717) is 5.75 Å². The summed E-state index contributed by atoms with van der Waals surface area (Å²) in [7, 11) is 0. The topological polar surface area (TPSA) is 55.5 Å². The second kappa shape index (κ2) is 4.79. The molecule has 1 rings (SSSR count). The van der Waals surface area contributed by atoms with Crippen LogP contribution >= 0.6 is 0 Å². The molecule has 0 aliphatic heterocycles. The van der Waals surface area contributed by atoms with E-state index in [4.69, 9.17) is 15.6 Å². The number of hydrogen-bond acceptors (Lipinski definition) is 3. The summed E-state index contributed by atoms with van der Waals surface area (Å²) in [6.45, 7) is 0.281. The van der Waals surface area contributed by atoms with Gasteiger partial charge in [0.05, 0.1) is 0 Å². The lowest BCUT2D eigenvalue weighted by molar-refractivity contribution is 0.114. The van der Waals surface area contributed by atoms with Gasteiger partial charge in [-0.15, -0.1) is 0 Å². The van der Waals surface area contributed by atoms with E-state index in [-0.39, 0.29) is 19.0 Å². The van der Waals surface area contributed by atoms with Gasteiger partial charge in [-0.2, -0.15) is 0 Å². The predicted molar refractivity (Wildman–Crippen MR) is 47.0 cm³/mol. The molecule has 3 nitrogen and oxygen atoms in total. The fourth-order valence-electron chi connectivity index (χ4n) is 0.791. The van der Waals surface area contributed by atoms with Crippen molar-refractivity contribution in [1.29, 1.82) is 0 Å². The highest BCUT2D eigenvalue weighted by Gasteiger charge is 2.01. The Morgan fingerprint density at radius 1 is 1.38 bits per heavy atom. The average molecular weight is 185 g/mol. The SMILES string of the molecule is NC[C@@H](O)COc1ccc(F)cc1. The number of ether oxygens (including phenoxy) is 1. The van der Waals surface area contributed by atoms with E-state index >= 15 is 0 Å². The third-order valence-electron chi connectivity index (χ3n) is 1.53. The third-order valence-corrected chi connectivity index (χ3v) is 1.53. The van der Waals surface area contributed by atoms with Crippen molar-refractivity contribution in [3.8, 4) is 5.75 Å². The maximum atomic E-state index is 12.4. The molecule has 3 N–H and O–H groups in total. The van der Waals surface area contributed by atoms with E-state index < -0.39 is 6.10 Å². The van der Waals surface area contributed by atoms with Gasteiger partial charge in [-0.25, -0.2) is 4.39 Å². The third kappa shape index (κ3) is 3.40. The molecule has 0 unspecified atom stereocenters. The van der Waals surface area contributed by atoms with Gasteiger partial charge in [0.15, 0.2) is 0 Å². The molecule has 0 spiro atoms. The van der Waals surface area contributed by atoms with Gasteiger partial charge in [0.2, 0.25) is 0 Å². The Hall–Kier alpha value is -1.13. The molecule has 0 aliphatic rings. The molecule has 0 fully saturated rings. The monoisotopic (exact) mass is 185 g/mol. The van der Waals surface area contributed by atoms with E-state index in [0.717, 1.165) is 0 Å². The lowest BCUT2D eigenvalue weighted by atomic mass is 10.3. The van der Waals surface area contributed by atoms with Crippen molar-refractivity contribution in [3.63, 3.8) is 0 Å². The molecule has 0 bridgehead atoms. The number of nitrogens with two attached hydrogens (primary N) is 1. The van der Waals surface area contributed by atoms with E-state index in [9.17, 15) is 4.39 Å². The van der Waals surface area contributed by atoms with Crippen LogP contribution in [0, 0.1) is 5.82 Å². The van der Waals surface area contributed by atoms with Crippen LogP contribution in [0.5, 0.6) is 5.75 Å². The Labute approximate surface area is 75.9 Å². The maximum Gasteiger partial charge on any atom is 0.123 e. The number of benzene rings is 1. The minimum absolute atomic E-state index is 0.127. The molecule has 1 aromatic rings. The fourth-order valence-corrected chi connectivity index (χ4v) is 0.791. The Morgan fingerprint density at radius 3 is 2.54 bits per heavy atom. The van der Waals surface area contributed by atoms with Gasteiger partial charge in [-0.1, -0.05) is 0 Å². The zero-order valence-corrected chi connectivity index (χ0v) is 7.11. The molecule has 72 valence electrons. The van der Waals surface area contributed by atoms with Crippen molar-refractivity contribution in [1.82, 2.24) is 0 Å². The van der Waals surface area contributed by atoms with Gasteiger partial charge in [-0.3, -0.25) is 0 Å². The molecule has 0 saturated heterocycles. The molecular weight excluding hydrogens is 173 g/mol. The predicted octanol–water partition coefficient (Wildman–Crippen LogP) is 0.524. The fraction of sp³-hybridized carbons (Fsp3) is 0.333. The molecule has 1 atom stereocenters. The van der Waals surface area contributed by atoms with Gasteiger partial charge in [0.25, 0.3) is 0 Å². The lowest BCUT2D eigenvalue weighted by Crippen LogP contribution is -2.26. The summed E-state index contributed by atoms with van der Waals surface area (Å²) in [5.41, 5.74) is 5.17. The van der Waals surface area contributed by atoms with Crippen LogP contribution < -0.4 is 10.5 Å². The second-order valence-corrected chi connectivity index (χ2v) is 2.65. The molecule has 0 heterocycles. The van der Waals surface area contributed by atoms with Crippen LogP contribution in [0.3, 0.4) is 0 Å². The first-order chi connectivity index (χ1) is 6.22. The highest BCUT2D eigenvalue weighted by atomic mass is 19.1. The second-order valence-electron chi connectivity index (χ2n) is 2.65. The number of aliphatic hydroxyl groups excluding tert-OH is 1. The van der Waals surface area contributed by atoms with Crippen LogP contribution in [0.4, 0.5) is 4.39 Å². The van der Waals surface area contributed by atoms with Crippen LogP contribution in [0.1, 0.15) is 0 Å². The largest absolute Gasteiger partial charge is 0.491 e. The molecule has 1 aromatic carbocycles. The molecule has 0 radical (unpaired) electrons. The summed E-state index contributed by atoms with van der Waals surface area (Å²) in [5, 5.41) is 9.05. The zero-order chi connectivity index (χ0) is 9.68. The van der Waals surface area contributed by atoms with Gasteiger partial charge in [-0.05, 0) is 24.3 Å². The van der Waals surface area contributed by atoms with Gasteiger partial charge in [0, 0.05) is 6.54 Å². The minimum Gasteiger partial charge on any atom is -0.491 e. The molecule has 13 heavy (non-hydrogen) atoms. The first kappa shape index (κ1) is 9.95. The highest BCUT2D eigenvalue weighted by Crippen LogP contribution is 2.10. The molecule has 0 aromatic heterocycles. The van der Waals surface area contributed by atoms with Crippen LogP contribution in [0.2, 0.25) is 0 Å². The Balaban J connectivity index is 2.41. The van der Waals surface area contributed by atoms with Crippen LogP contribution in [-0.4, -0.2) is 24.4 Å². The van der Waals surface area contributed by atoms with Crippen molar-refractivity contribution in [2.75, 3.05) is 13.2 Å². The van der Waals surface area contributed by atoms with Crippen molar-refractivity contribution >= 4 is 0 Å². The van der Waals surface area contributed by atoms with Crippen LogP contribution in [0.15, 0.2) is 24.3 Å². The van der Waals surface area contributed by atoms with Crippen molar-refractivity contribution < 1.29 is 14.2 Å². The molecule has 4 heteroatoms. The molecule has 0 amide bonds. The Morgan fingerprint density at radius 2 is 2.00 bits per heavy atom. The summed E-state index contributed by atoms with van der Waals surface area (Å²) < 4.78 is 17.5. The highest BCUT2D eigenvalue weighted by molar-refractivity contribution is 5.21. The van der Waals surface area contributed by atoms with Gasteiger partial charge < -0.3 is 15.6 Å². The van der Waals surface area contributed by atoms with Crippen LogP contribution in [-0.2, 0) is 0 Å².